The second-order valence-corrected chi connectivity index (χ2v) is 8.00. The highest BCUT2D eigenvalue weighted by atomic mass is 35.5. The van der Waals surface area contributed by atoms with Crippen LogP contribution in [0.1, 0.15) is 6.92 Å². The van der Waals surface area contributed by atoms with Crippen molar-refractivity contribution < 1.29 is 9.18 Å². The number of hydrogen-bond acceptors (Lipinski definition) is 5. The number of benzene rings is 2. The van der Waals surface area contributed by atoms with Gasteiger partial charge in [0.2, 0.25) is 5.91 Å². The average molecular weight is 487 g/mol. The van der Waals surface area contributed by atoms with Gasteiger partial charge in [-0.2, -0.15) is 5.10 Å². The Bertz CT molecular complexity index is 1210. The van der Waals surface area contributed by atoms with Gasteiger partial charge in [-0.15, -0.1) is 12.4 Å². The largest absolute Gasteiger partial charge is 0.368 e. The molecule has 0 aliphatic carbocycles. The van der Waals surface area contributed by atoms with E-state index >= 15 is 0 Å². The summed E-state index contributed by atoms with van der Waals surface area (Å²) in [6, 6.07) is 15.9. The van der Waals surface area contributed by atoms with Crippen molar-refractivity contribution in [2.45, 2.75) is 13.5 Å². The predicted octanol–water partition coefficient (Wildman–Crippen LogP) is 2.60. The second-order valence-electron chi connectivity index (χ2n) is 8.00. The van der Waals surface area contributed by atoms with Crippen LogP contribution < -0.4 is 16.3 Å². The molecule has 1 fully saturated rings. The molecule has 1 aromatic heterocycles. The van der Waals surface area contributed by atoms with Crippen LogP contribution in [0.15, 0.2) is 71.6 Å². The molecule has 3 aromatic rings. The van der Waals surface area contributed by atoms with Crippen molar-refractivity contribution in [1.29, 1.82) is 0 Å². The Hall–Kier alpha value is -3.43. The number of nitrogens with two attached hydrogens (primary N) is 1. The van der Waals surface area contributed by atoms with Gasteiger partial charge in [0.15, 0.2) is 0 Å². The van der Waals surface area contributed by atoms with E-state index in [1.165, 1.54) is 15.6 Å². The summed E-state index contributed by atoms with van der Waals surface area (Å²) in [5.41, 5.74) is 9.19. The Labute approximate surface area is 203 Å². The molecule has 2 N–H and O–H groups in total. The second kappa shape index (κ2) is 11.1. The van der Waals surface area contributed by atoms with E-state index in [0.29, 0.717) is 17.6 Å². The monoisotopic (exact) mass is 486 g/mol. The molecule has 1 aliphatic rings. The standard InChI is InChI=1S/C24H27FN6O2.ClH/c1-18(32)28-9-11-29(12-10-28)22-7-5-20(6-8-22)21-3-2-4-23(13-21)30-17-27-31(24(30)33)16-19(14-25)15-26;/h2-8,13-14,17H,9-12,15-16,26H2,1H3;1H/b19-14+;. The SMILES string of the molecule is CC(=O)N1CCN(c2ccc(-c3cccc(-n4cnn(C/C(=C/F)CN)c4=O)c3)cc2)CC1.Cl. The van der Waals surface area contributed by atoms with Gasteiger partial charge in [0.1, 0.15) is 6.33 Å². The predicted molar refractivity (Wildman–Crippen MR) is 133 cm³/mol. The first-order valence-electron chi connectivity index (χ1n) is 10.8. The fourth-order valence-electron chi connectivity index (χ4n) is 3.94. The van der Waals surface area contributed by atoms with Crippen molar-refractivity contribution in [3.63, 3.8) is 0 Å². The number of carbonyl (C=O) groups is 1. The number of amides is 1. The number of piperazine rings is 1. The van der Waals surface area contributed by atoms with Gasteiger partial charge in [0.25, 0.3) is 0 Å². The van der Waals surface area contributed by atoms with Gasteiger partial charge in [-0.3, -0.25) is 4.79 Å². The lowest BCUT2D eigenvalue weighted by Crippen LogP contribution is -2.48. The van der Waals surface area contributed by atoms with Crippen LogP contribution in [-0.2, 0) is 11.3 Å². The smallest absolute Gasteiger partial charge is 0.350 e. The van der Waals surface area contributed by atoms with Crippen LogP contribution in [0.25, 0.3) is 16.8 Å². The molecule has 0 unspecified atom stereocenters. The number of aromatic nitrogens is 3. The minimum Gasteiger partial charge on any atom is -0.368 e. The molecule has 4 rings (SSSR count). The maximum atomic E-state index is 12.8. The van der Waals surface area contributed by atoms with Gasteiger partial charge in [0, 0.05) is 45.3 Å². The third-order valence-electron chi connectivity index (χ3n) is 5.92. The van der Waals surface area contributed by atoms with Crippen molar-refractivity contribution in [2.24, 2.45) is 5.73 Å². The topological polar surface area (TPSA) is 89.4 Å². The molecule has 0 atom stereocenters. The minimum atomic E-state index is -0.361. The lowest BCUT2D eigenvalue weighted by atomic mass is 10.0. The number of rotatable bonds is 6. The van der Waals surface area contributed by atoms with Gasteiger partial charge >= 0.3 is 5.69 Å². The maximum absolute atomic E-state index is 12.8. The van der Waals surface area contributed by atoms with E-state index < -0.39 is 0 Å². The van der Waals surface area contributed by atoms with Crippen LogP contribution >= 0.6 is 12.4 Å². The van der Waals surface area contributed by atoms with Crippen LogP contribution in [0, 0.1) is 0 Å². The van der Waals surface area contributed by atoms with E-state index in [2.05, 4.69) is 34.3 Å². The molecule has 1 aliphatic heterocycles. The summed E-state index contributed by atoms with van der Waals surface area (Å²) in [7, 11) is 0. The molecule has 0 saturated carbocycles. The normalized spacial score (nSPS) is 14.1. The molecule has 1 amide bonds. The highest BCUT2D eigenvalue weighted by Crippen LogP contribution is 2.25. The number of hydrogen-bond donors (Lipinski definition) is 1. The molecule has 2 heterocycles. The fourth-order valence-corrected chi connectivity index (χ4v) is 3.94. The van der Waals surface area contributed by atoms with Gasteiger partial charge < -0.3 is 15.5 Å². The van der Waals surface area contributed by atoms with Crippen molar-refractivity contribution in [2.75, 3.05) is 37.6 Å². The lowest BCUT2D eigenvalue weighted by Gasteiger charge is -2.35. The number of carbonyl (C=O) groups excluding carboxylic acids is 1. The van der Waals surface area contributed by atoms with Crippen LogP contribution in [0.5, 0.6) is 0 Å². The summed E-state index contributed by atoms with van der Waals surface area (Å²) in [5.74, 6) is 0.119. The van der Waals surface area contributed by atoms with Crippen molar-refractivity contribution in [3.8, 4) is 16.8 Å². The molecule has 2 aromatic carbocycles. The number of nitrogens with zero attached hydrogens (tertiary/aromatic N) is 5. The zero-order valence-corrected chi connectivity index (χ0v) is 19.7. The summed E-state index contributed by atoms with van der Waals surface area (Å²) < 4.78 is 15.4. The summed E-state index contributed by atoms with van der Waals surface area (Å²) in [6.07, 6.45) is 1.84. The third-order valence-corrected chi connectivity index (χ3v) is 5.92. The van der Waals surface area contributed by atoms with E-state index in [-0.39, 0.29) is 37.1 Å². The Morgan fingerprint density at radius 3 is 2.38 bits per heavy atom. The fraction of sp³-hybridized carbons (Fsp3) is 0.292. The summed E-state index contributed by atoms with van der Waals surface area (Å²) >= 11 is 0. The van der Waals surface area contributed by atoms with Crippen molar-refractivity contribution >= 4 is 24.0 Å². The first kappa shape index (κ1) is 25.2. The molecule has 0 radical (unpaired) electrons. The van der Waals surface area contributed by atoms with Gasteiger partial charge in [-0.1, -0.05) is 24.3 Å². The molecule has 1 saturated heterocycles. The van der Waals surface area contributed by atoms with Crippen LogP contribution in [0.3, 0.4) is 0 Å². The molecular weight excluding hydrogens is 459 g/mol. The lowest BCUT2D eigenvalue weighted by molar-refractivity contribution is -0.129. The zero-order valence-electron chi connectivity index (χ0n) is 18.9. The molecule has 180 valence electrons. The molecule has 0 bridgehead atoms. The highest BCUT2D eigenvalue weighted by molar-refractivity contribution is 5.85. The van der Waals surface area contributed by atoms with E-state index in [9.17, 15) is 14.0 Å². The quantitative estimate of drug-likeness (QED) is 0.578. The van der Waals surface area contributed by atoms with Gasteiger partial charge in [0.05, 0.1) is 18.6 Å². The number of anilines is 1. The van der Waals surface area contributed by atoms with Crippen LogP contribution in [-0.4, -0.2) is 57.9 Å². The average Bonchev–Trinajstić information content (AvgIpc) is 3.22. The van der Waals surface area contributed by atoms with E-state index in [4.69, 9.17) is 5.73 Å². The number of halogens is 2. The van der Waals surface area contributed by atoms with E-state index in [1.807, 2.05) is 29.2 Å². The third kappa shape index (κ3) is 5.37. The van der Waals surface area contributed by atoms with E-state index in [0.717, 1.165) is 43.0 Å². The van der Waals surface area contributed by atoms with Crippen molar-refractivity contribution in [1.82, 2.24) is 19.2 Å². The van der Waals surface area contributed by atoms with Crippen LogP contribution in [0.4, 0.5) is 10.1 Å². The highest BCUT2D eigenvalue weighted by Gasteiger charge is 2.18. The molecule has 34 heavy (non-hydrogen) atoms. The molecular formula is C24H28ClFN6O2. The molecule has 0 spiro atoms. The van der Waals surface area contributed by atoms with Gasteiger partial charge in [-0.05, 0) is 41.0 Å². The molecule has 8 nitrogen and oxygen atoms in total. The first-order valence-corrected chi connectivity index (χ1v) is 10.8. The summed E-state index contributed by atoms with van der Waals surface area (Å²) in [5, 5.41) is 4.08. The Morgan fingerprint density at radius 2 is 1.76 bits per heavy atom. The summed E-state index contributed by atoms with van der Waals surface area (Å²) in [6.45, 7) is 4.73. The zero-order chi connectivity index (χ0) is 23.4. The van der Waals surface area contributed by atoms with Crippen LogP contribution in [0.2, 0.25) is 0 Å². The molecule has 10 heteroatoms. The maximum Gasteiger partial charge on any atom is 0.350 e. The summed E-state index contributed by atoms with van der Waals surface area (Å²) in [4.78, 5) is 28.4. The first-order chi connectivity index (χ1) is 16.0. The Kier molecular flexibility index (Phi) is 8.25. The van der Waals surface area contributed by atoms with E-state index in [1.54, 1.807) is 6.92 Å². The van der Waals surface area contributed by atoms with Crippen molar-refractivity contribution in [3.05, 3.63) is 77.2 Å². The Morgan fingerprint density at radius 1 is 1.06 bits per heavy atom. The van der Waals surface area contributed by atoms with Gasteiger partial charge in [-0.25, -0.2) is 18.4 Å². The minimum absolute atomic E-state index is 0. The Balaban J connectivity index is 0.00000324.